The summed E-state index contributed by atoms with van der Waals surface area (Å²) in [7, 11) is 0. The lowest BCUT2D eigenvalue weighted by atomic mass is 9.98. The first kappa shape index (κ1) is 43.3. The van der Waals surface area contributed by atoms with Gasteiger partial charge in [-0.1, -0.05) is 84.9 Å². The van der Waals surface area contributed by atoms with E-state index in [1.807, 2.05) is 36.4 Å². The number of hydrogen-bond acceptors (Lipinski definition) is 12. The van der Waals surface area contributed by atoms with Gasteiger partial charge in [0.05, 0.1) is 59.3 Å². The van der Waals surface area contributed by atoms with Crippen molar-refractivity contribution < 1.29 is 57.1 Å². The first-order valence-electron chi connectivity index (χ1n) is 18.6. The monoisotopic (exact) mass is 774 g/mol. The molecule has 0 aromatic heterocycles. The zero-order valence-corrected chi connectivity index (χ0v) is 31.6. The molecule has 0 spiro atoms. The summed E-state index contributed by atoms with van der Waals surface area (Å²) < 4.78 is 37.4. The number of rotatable bonds is 26. The van der Waals surface area contributed by atoms with Crippen LogP contribution in [0.2, 0.25) is 0 Å². The van der Waals surface area contributed by atoms with E-state index in [4.69, 9.17) is 33.2 Å². The van der Waals surface area contributed by atoms with Gasteiger partial charge in [-0.25, -0.2) is 9.59 Å². The molecule has 1 atom stereocenters. The molecule has 14 nitrogen and oxygen atoms in total. The summed E-state index contributed by atoms with van der Waals surface area (Å²) >= 11 is 0. The van der Waals surface area contributed by atoms with Crippen LogP contribution in [0.3, 0.4) is 0 Å². The highest BCUT2D eigenvalue weighted by atomic mass is 16.6. The molecule has 300 valence electrons. The van der Waals surface area contributed by atoms with Crippen molar-refractivity contribution in [2.24, 2.45) is 0 Å². The average Bonchev–Trinajstić information content (AvgIpc) is 3.53. The van der Waals surface area contributed by atoms with Gasteiger partial charge in [-0.05, 0) is 35.3 Å². The molecule has 0 fully saturated rings. The second-order valence-corrected chi connectivity index (χ2v) is 12.5. The molecule has 0 saturated heterocycles. The Morgan fingerprint density at radius 1 is 0.643 bits per heavy atom. The van der Waals surface area contributed by atoms with Crippen LogP contribution in [0, 0.1) is 0 Å². The summed E-state index contributed by atoms with van der Waals surface area (Å²) in [4.78, 5) is 60.4. The van der Waals surface area contributed by atoms with E-state index in [2.05, 4.69) is 22.8 Å². The molecule has 0 heterocycles. The Labute approximate surface area is 326 Å². The average molecular weight is 775 g/mol. The van der Waals surface area contributed by atoms with Crippen LogP contribution in [0.5, 0.6) is 0 Å². The number of hydrogen-bond donors (Lipinski definition) is 2. The quantitative estimate of drug-likeness (QED) is 0.0388. The van der Waals surface area contributed by atoms with Crippen molar-refractivity contribution in [3.05, 3.63) is 108 Å². The largest absolute Gasteiger partial charge is 0.460 e. The van der Waals surface area contributed by atoms with E-state index in [1.54, 1.807) is 42.5 Å². The number of fused-ring (bicyclic) bond motifs is 3. The predicted octanol–water partition coefficient (Wildman–Crippen LogP) is 4.40. The van der Waals surface area contributed by atoms with Gasteiger partial charge in [-0.2, -0.15) is 0 Å². The number of amides is 2. The SMILES string of the molecule is C[C@H](NC(=O)OCC1c2ccccc2-c2ccccc21)C(=O)OC/C=C/COCCOCCOCCOCCC(=O)NCCC(=O)OCC(=O)c1ccccc1. The van der Waals surface area contributed by atoms with E-state index in [-0.39, 0.29) is 63.4 Å². The van der Waals surface area contributed by atoms with E-state index in [1.165, 1.54) is 6.92 Å². The highest BCUT2D eigenvalue weighted by molar-refractivity contribution is 5.97. The molecule has 14 heteroatoms. The second kappa shape index (κ2) is 24.9. The van der Waals surface area contributed by atoms with Crippen LogP contribution < -0.4 is 10.6 Å². The highest BCUT2D eigenvalue weighted by Gasteiger charge is 2.29. The molecule has 3 aromatic carbocycles. The number of carbonyl (C=O) groups excluding carboxylic acids is 5. The number of ether oxygens (including phenoxy) is 7. The number of alkyl carbamates (subject to hydrolysis) is 1. The molecule has 0 aliphatic heterocycles. The topological polar surface area (TPSA) is 174 Å². The summed E-state index contributed by atoms with van der Waals surface area (Å²) in [5.41, 5.74) is 4.95. The normalized spacial score (nSPS) is 12.4. The maximum absolute atomic E-state index is 12.4. The molecular formula is C42H50N2O12. The van der Waals surface area contributed by atoms with Crippen LogP contribution >= 0.6 is 0 Å². The van der Waals surface area contributed by atoms with Crippen molar-refractivity contribution in [1.82, 2.24) is 10.6 Å². The number of carbonyl (C=O) groups is 5. The zero-order valence-electron chi connectivity index (χ0n) is 31.6. The smallest absolute Gasteiger partial charge is 0.407 e. The van der Waals surface area contributed by atoms with Gasteiger partial charge >= 0.3 is 18.0 Å². The third-order valence-electron chi connectivity index (χ3n) is 8.43. The lowest BCUT2D eigenvalue weighted by Gasteiger charge is -2.16. The number of benzene rings is 3. The Morgan fingerprint density at radius 2 is 1.21 bits per heavy atom. The van der Waals surface area contributed by atoms with Gasteiger partial charge in [0, 0.05) is 24.4 Å². The van der Waals surface area contributed by atoms with Crippen molar-refractivity contribution >= 4 is 29.7 Å². The van der Waals surface area contributed by atoms with Gasteiger partial charge in [0.25, 0.3) is 0 Å². The van der Waals surface area contributed by atoms with Crippen molar-refractivity contribution in [2.45, 2.75) is 31.7 Å². The maximum Gasteiger partial charge on any atom is 0.407 e. The Balaban J connectivity index is 0.890. The van der Waals surface area contributed by atoms with Gasteiger partial charge < -0.3 is 43.8 Å². The van der Waals surface area contributed by atoms with Gasteiger partial charge in [-0.15, -0.1) is 0 Å². The fraction of sp³-hybridized carbons (Fsp3) is 0.405. The van der Waals surface area contributed by atoms with Crippen molar-refractivity contribution in [3.8, 4) is 11.1 Å². The van der Waals surface area contributed by atoms with E-state index in [9.17, 15) is 24.0 Å². The van der Waals surface area contributed by atoms with Gasteiger partial charge in [0.15, 0.2) is 12.4 Å². The van der Waals surface area contributed by atoms with Crippen LogP contribution in [0.15, 0.2) is 91.0 Å². The fourth-order valence-corrected chi connectivity index (χ4v) is 5.56. The predicted molar refractivity (Wildman–Crippen MR) is 205 cm³/mol. The van der Waals surface area contributed by atoms with Crippen molar-refractivity contribution in [3.63, 3.8) is 0 Å². The van der Waals surface area contributed by atoms with Crippen molar-refractivity contribution in [1.29, 1.82) is 0 Å². The van der Waals surface area contributed by atoms with Crippen LogP contribution in [0.1, 0.15) is 47.2 Å². The lowest BCUT2D eigenvalue weighted by Crippen LogP contribution is -2.40. The fourth-order valence-electron chi connectivity index (χ4n) is 5.56. The van der Waals surface area contributed by atoms with Crippen LogP contribution in [0.25, 0.3) is 11.1 Å². The van der Waals surface area contributed by atoms with Gasteiger partial charge in [0.1, 0.15) is 19.3 Å². The minimum absolute atomic E-state index is 0.0305. The van der Waals surface area contributed by atoms with Crippen LogP contribution in [-0.4, -0.2) is 115 Å². The van der Waals surface area contributed by atoms with Crippen LogP contribution in [0.4, 0.5) is 4.79 Å². The third kappa shape index (κ3) is 15.4. The number of ketones is 1. The highest BCUT2D eigenvalue weighted by Crippen LogP contribution is 2.44. The molecule has 1 aliphatic carbocycles. The maximum atomic E-state index is 12.4. The summed E-state index contributed by atoms with van der Waals surface area (Å²) in [6.07, 6.45) is 2.78. The molecule has 56 heavy (non-hydrogen) atoms. The second-order valence-electron chi connectivity index (χ2n) is 12.5. The molecule has 3 aromatic rings. The van der Waals surface area contributed by atoms with E-state index in [0.29, 0.717) is 51.8 Å². The standard InChI is InChI=1S/C42H50N2O12/c1-31(44-42(49)56-29-37-35-15-7-5-13-33(35)34-14-6-8-16-36(34)37)41(48)54-21-10-9-20-50-23-25-52-27-28-53-26-24-51-22-18-39(46)43-19-17-40(47)55-30-38(45)32-11-3-2-4-12-32/h2-16,31,37H,17-30H2,1H3,(H,43,46)(H,44,49)/b10-9+/t31-/m0/s1. The molecule has 0 bridgehead atoms. The number of esters is 2. The summed E-state index contributed by atoms with van der Waals surface area (Å²) in [5.74, 6) is -1.78. The Bertz CT molecular complexity index is 1690. The zero-order chi connectivity index (χ0) is 39.8. The van der Waals surface area contributed by atoms with E-state index < -0.39 is 24.1 Å². The first-order chi connectivity index (χ1) is 27.3. The number of nitrogens with one attached hydrogen (secondary N) is 2. The molecule has 2 amide bonds. The molecule has 0 radical (unpaired) electrons. The summed E-state index contributed by atoms with van der Waals surface area (Å²) in [5, 5.41) is 5.14. The minimum atomic E-state index is -0.883. The van der Waals surface area contributed by atoms with Gasteiger partial charge in [-0.3, -0.25) is 14.4 Å². The molecule has 2 N–H and O–H groups in total. The molecule has 4 rings (SSSR count). The Morgan fingerprint density at radius 3 is 1.88 bits per heavy atom. The molecule has 0 saturated carbocycles. The summed E-state index contributed by atoms with van der Waals surface area (Å²) in [6, 6.07) is 23.8. The van der Waals surface area contributed by atoms with Gasteiger partial charge in [0.2, 0.25) is 5.91 Å². The van der Waals surface area contributed by atoms with Crippen molar-refractivity contribution in [2.75, 3.05) is 79.2 Å². The minimum Gasteiger partial charge on any atom is -0.460 e. The molecule has 0 unspecified atom stereocenters. The molecular weight excluding hydrogens is 724 g/mol. The first-order valence-corrected chi connectivity index (χ1v) is 18.6. The third-order valence-corrected chi connectivity index (χ3v) is 8.43. The van der Waals surface area contributed by atoms with E-state index in [0.717, 1.165) is 22.3 Å². The Kier molecular flexibility index (Phi) is 19.3. The Hall–Kier alpha value is -5.41. The molecule has 1 aliphatic rings. The number of Topliss-reactive ketones (excluding diaryl/α,β-unsaturated/α-hetero) is 1. The van der Waals surface area contributed by atoms with Crippen LogP contribution in [-0.2, 0) is 47.5 Å². The summed E-state index contributed by atoms with van der Waals surface area (Å²) in [6.45, 7) is 4.14. The lowest BCUT2D eigenvalue weighted by molar-refractivity contribution is -0.144. The van der Waals surface area contributed by atoms with E-state index >= 15 is 0 Å².